The molecule has 0 unspecified atom stereocenters. The van der Waals surface area contributed by atoms with Crippen LogP contribution in [0.2, 0.25) is 0 Å². The Hall–Kier alpha value is -3.36. The van der Waals surface area contributed by atoms with Gasteiger partial charge in [0.2, 0.25) is 0 Å². The van der Waals surface area contributed by atoms with Gasteiger partial charge >= 0.3 is 0 Å². The van der Waals surface area contributed by atoms with Crippen molar-refractivity contribution in [2.24, 2.45) is 0 Å². The van der Waals surface area contributed by atoms with Gasteiger partial charge in [-0.2, -0.15) is 0 Å². The molecule has 1 aliphatic rings. The average molecular weight is 579 g/mol. The monoisotopic (exact) mass is 578 g/mol. The van der Waals surface area contributed by atoms with Gasteiger partial charge in [0.25, 0.3) is 0 Å². The number of hydrogen-bond acceptors (Lipinski definition) is 2. The first-order valence-electron chi connectivity index (χ1n) is 16.3. The summed E-state index contributed by atoms with van der Waals surface area (Å²) in [6, 6.07) is 21.9. The summed E-state index contributed by atoms with van der Waals surface area (Å²) in [5.74, 6) is 0. The number of likely N-dealkylation sites (tertiary alicyclic amines) is 1. The van der Waals surface area contributed by atoms with Gasteiger partial charge in [0.05, 0.1) is 0 Å². The van der Waals surface area contributed by atoms with E-state index in [9.17, 15) is 0 Å². The lowest BCUT2D eigenvalue weighted by molar-refractivity contribution is 0.418. The summed E-state index contributed by atoms with van der Waals surface area (Å²) in [6.45, 7) is 27.0. The molecule has 0 spiro atoms. The fourth-order valence-corrected chi connectivity index (χ4v) is 4.97. The zero-order chi connectivity index (χ0) is 31.8. The lowest BCUT2D eigenvalue weighted by Gasteiger charge is -2.15. The van der Waals surface area contributed by atoms with Crippen molar-refractivity contribution in [1.29, 1.82) is 0 Å². The van der Waals surface area contributed by atoms with E-state index in [-0.39, 0.29) is 0 Å². The van der Waals surface area contributed by atoms with Crippen LogP contribution in [0.5, 0.6) is 0 Å². The van der Waals surface area contributed by atoms with Crippen molar-refractivity contribution < 1.29 is 0 Å². The molecule has 2 nitrogen and oxygen atoms in total. The van der Waals surface area contributed by atoms with Crippen LogP contribution in [0.3, 0.4) is 0 Å². The van der Waals surface area contributed by atoms with Crippen LogP contribution in [0.15, 0.2) is 91.2 Å². The minimum absolute atomic E-state index is 0.751. The Labute approximate surface area is 264 Å². The molecule has 0 atom stereocenters. The number of rotatable bonds is 10. The smallest absolute Gasteiger partial charge is 0.0400 e. The third-order valence-corrected chi connectivity index (χ3v) is 8.07. The van der Waals surface area contributed by atoms with Gasteiger partial charge in [0.1, 0.15) is 0 Å². The molecular formula is C41H58N2. The predicted molar refractivity (Wildman–Crippen MR) is 193 cm³/mol. The fraction of sp³-hybridized carbons (Fsp3) is 0.415. The highest BCUT2D eigenvalue weighted by Crippen LogP contribution is 2.31. The van der Waals surface area contributed by atoms with Gasteiger partial charge in [-0.25, -0.2) is 0 Å². The number of aryl methyl sites for hydroxylation is 4. The van der Waals surface area contributed by atoms with Gasteiger partial charge < -0.3 is 10.2 Å². The van der Waals surface area contributed by atoms with Crippen molar-refractivity contribution in [3.05, 3.63) is 125 Å². The van der Waals surface area contributed by atoms with Gasteiger partial charge in [-0.15, -0.1) is 0 Å². The summed E-state index contributed by atoms with van der Waals surface area (Å²) >= 11 is 0. The molecule has 3 aromatic carbocycles. The normalized spacial score (nSPS) is 13.0. The van der Waals surface area contributed by atoms with Gasteiger partial charge in [0.15, 0.2) is 0 Å². The van der Waals surface area contributed by atoms with Crippen LogP contribution < -0.4 is 5.32 Å². The first-order valence-corrected chi connectivity index (χ1v) is 16.3. The van der Waals surface area contributed by atoms with Crippen LogP contribution in [0.25, 0.3) is 16.7 Å². The zero-order valence-electron chi connectivity index (χ0n) is 28.6. The maximum absolute atomic E-state index is 4.24. The molecule has 3 aromatic rings. The average Bonchev–Trinajstić information content (AvgIpc) is 3.47. The van der Waals surface area contributed by atoms with E-state index in [0.29, 0.717) is 0 Å². The van der Waals surface area contributed by atoms with Crippen LogP contribution in [-0.2, 0) is 6.54 Å². The highest BCUT2D eigenvalue weighted by Gasteiger charge is 2.10. The molecule has 0 bridgehead atoms. The molecule has 4 rings (SSSR count). The first kappa shape index (κ1) is 35.8. The minimum Gasteiger partial charge on any atom is -0.381 e. The van der Waals surface area contributed by atoms with Crippen molar-refractivity contribution >= 4 is 5.57 Å². The second-order valence-corrected chi connectivity index (χ2v) is 12.2. The van der Waals surface area contributed by atoms with Crippen LogP contribution >= 0.6 is 0 Å². The van der Waals surface area contributed by atoms with E-state index in [1.165, 1.54) is 96.1 Å². The van der Waals surface area contributed by atoms with E-state index in [1.54, 1.807) is 0 Å². The quantitative estimate of drug-likeness (QED) is 0.190. The third kappa shape index (κ3) is 12.8. The molecule has 2 heteroatoms. The van der Waals surface area contributed by atoms with Crippen LogP contribution in [0.1, 0.15) is 92.7 Å². The SMILES string of the molecule is C=C(/C=C(/C(=C)C)c1cc(-c2ccc(C)c(C)c2)ccc1C)NCc1ccc(C)cc1.CCCCCC.CN1CCCC1. The number of hydrogen-bond donors (Lipinski definition) is 1. The number of allylic oxidation sites excluding steroid dienone is 3. The first-order chi connectivity index (χ1) is 20.5. The van der Waals surface area contributed by atoms with Crippen LogP contribution in [-0.4, -0.2) is 25.0 Å². The van der Waals surface area contributed by atoms with Crippen molar-refractivity contribution in [1.82, 2.24) is 10.2 Å². The summed E-state index contributed by atoms with van der Waals surface area (Å²) in [5, 5.41) is 3.44. The van der Waals surface area contributed by atoms with Gasteiger partial charge in [-0.3, -0.25) is 0 Å². The Balaban J connectivity index is 0.000000447. The molecule has 0 aromatic heterocycles. The fourth-order valence-electron chi connectivity index (χ4n) is 4.97. The second kappa shape index (κ2) is 19.0. The second-order valence-electron chi connectivity index (χ2n) is 12.2. The van der Waals surface area contributed by atoms with Crippen LogP contribution in [0, 0.1) is 27.7 Å². The summed E-state index contributed by atoms with van der Waals surface area (Å²) in [4.78, 5) is 2.36. The Morgan fingerprint density at radius 1 is 0.767 bits per heavy atom. The molecule has 0 amide bonds. The molecule has 0 radical (unpaired) electrons. The van der Waals surface area contributed by atoms with Crippen molar-refractivity contribution in [3.8, 4) is 11.1 Å². The molecule has 1 fully saturated rings. The van der Waals surface area contributed by atoms with E-state index in [4.69, 9.17) is 0 Å². The van der Waals surface area contributed by atoms with E-state index in [0.717, 1.165) is 23.4 Å². The van der Waals surface area contributed by atoms with E-state index >= 15 is 0 Å². The van der Waals surface area contributed by atoms with E-state index in [1.807, 2.05) is 0 Å². The topological polar surface area (TPSA) is 15.3 Å². The predicted octanol–water partition coefficient (Wildman–Crippen LogP) is 11.1. The lowest BCUT2D eigenvalue weighted by atomic mass is 9.91. The van der Waals surface area contributed by atoms with Crippen molar-refractivity contribution in [2.75, 3.05) is 20.1 Å². The number of benzene rings is 3. The maximum atomic E-state index is 4.24. The highest BCUT2D eigenvalue weighted by molar-refractivity contribution is 5.83. The summed E-state index contributed by atoms with van der Waals surface area (Å²) in [5.41, 5.74) is 13.0. The van der Waals surface area contributed by atoms with Crippen molar-refractivity contribution in [2.45, 2.75) is 93.5 Å². The third-order valence-electron chi connectivity index (χ3n) is 8.07. The molecular weight excluding hydrogens is 520 g/mol. The number of nitrogens with zero attached hydrogens (tertiary/aromatic N) is 1. The number of unbranched alkanes of at least 4 members (excludes halogenated alkanes) is 3. The maximum Gasteiger partial charge on any atom is 0.0400 e. The molecule has 232 valence electrons. The minimum atomic E-state index is 0.751. The molecule has 1 saturated heterocycles. The molecule has 0 saturated carbocycles. The summed E-state index contributed by atoms with van der Waals surface area (Å²) < 4.78 is 0. The zero-order valence-corrected chi connectivity index (χ0v) is 28.6. The van der Waals surface area contributed by atoms with Crippen molar-refractivity contribution in [3.63, 3.8) is 0 Å². The van der Waals surface area contributed by atoms with Crippen LogP contribution in [0.4, 0.5) is 0 Å². The Bertz CT molecular complexity index is 1320. The van der Waals surface area contributed by atoms with Gasteiger partial charge in [-0.1, -0.05) is 118 Å². The largest absolute Gasteiger partial charge is 0.381 e. The summed E-state index contributed by atoms with van der Waals surface area (Å²) in [7, 11) is 2.17. The Kier molecular flexibility index (Phi) is 15.9. The van der Waals surface area contributed by atoms with E-state index < -0.39 is 0 Å². The van der Waals surface area contributed by atoms with E-state index in [2.05, 4.69) is 146 Å². The Morgan fingerprint density at radius 2 is 1.33 bits per heavy atom. The molecule has 1 N–H and O–H groups in total. The lowest BCUT2D eigenvalue weighted by Crippen LogP contribution is -2.10. The summed E-state index contributed by atoms with van der Waals surface area (Å²) in [6.07, 6.45) is 10.5. The molecule has 0 aliphatic carbocycles. The molecule has 43 heavy (non-hydrogen) atoms. The highest BCUT2D eigenvalue weighted by atomic mass is 15.1. The molecule has 1 aliphatic heterocycles. The Morgan fingerprint density at radius 3 is 1.81 bits per heavy atom. The molecule has 1 heterocycles. The standard InChI is InChI=1S/C30H33N.C6H14.C5H11N/c1-20(2)29(17-25(7)31-19-26-12-8-21(3)9-13-26)30-18-28(15-11-23(30)5)27-14-10-22(4)24(6)16-27;1-3-5-6-4-2;1-6-4-2-3-5-6/h8-18,31H,1,7,19H2,2-6H3;3-6H2,1-2H3;2-5H2,1H3/b29-17-;;. The van der Waals surface area contributed by atoms with Gasteiger partial charge in [-0.05, 0) is 124 Å². The van der Waals surface area contributed by atoms with Gasteiger partial charge in [0, 0.05) is 12.2 Å². The number of nitrogens with one attached hydrogen (secondary N) is 1.